The van der Waals surface area contributed by atoms with Crippen LogP contribution in [-0.4, -0.2) is 34.2 Å². The first-order valence-corrected chi connectivity index (χ1v) is 10.9. The number of aromatic nitrogens is 2. The zero-order valence-electron chi connectivity index (χ0n) is 17.3. The van der Waals surface area contributed by atoms with Crippen LogP contribution in [0.25, 0.3) is 10.2 Å². The normalized spacial score (nSPS) is 13.2. The first kappa shape index (κ1) is 20.9. The van der Waals surface area contributed by atoms with Gasteiger partial charge in [-0.2, -0.15) is 0 Å². The van der Waals surface area contributed by atoms with Crippen molar-refractivity contribution in [1.82, 2.24) is 20.6 Å². The van der Waals surface area contributed by atoms with Gasteiger partial charge in [0, 0.05) is 23.4 Å². The van der Waals surface area contributed by atoms with Crippen molar-refractivity contribution in [1.29, 1.82) is 0 Å². The van der Waals surface area contributed by atoms with Gasteiger partial charge in [0.1, 0.15) is 10.7 Å². The van der Waals surface area contributed by atoms with Crippen molar-refractivity contribution in [3.8, 4) is 0 Å². The molecule has 1 aliphatic rings. The molecule has 3 amide bonds. The molecule has 0 bridgehead atoms. The van der Waals surface area contributed by atoms with Gasteiger partial charge in [-0.1, -0.05) is 12.1 Å². The summed E-state index contributed by atoms with van der Waals surface area (Å²) in [6, 6.07) is 6.80. The number of carbonyl (C=O) groups is 3. The number of nitrogens with one attached hydrogen (secondary N) is 2. The SMILES string of the molecule is Cc1nc(C2CC2)nc2sc(C(=O)NCc3ccc(C(=O)NCC(N)=O)cc3)c(C)c12. The van der Waals surface area contributed by atoms with Crippen molar-refractivity contribution in [2.75, 3.05) is 6.54 Å². The third-order valence-electron chi connectivity index (χ3n) is 5.23. The van der Waals surface area contributed by atoms with Crippen LogP contribution in [0.4, 0.5) is 0 Å². The van der Waals surface area contributed by atoms with E-state index < -0.39 is 5.91 Å². The number of benzene rings is 1. The van der Waals surface area contributed by atoms with Crippen molar-refractivity contribution < 1.29 is 14.4 Å². The first-order chi connectivity index (χ1) is 14.8. The molecule has 0 aliphatic heterocycles. The molecule has 2 heterocycles. The Kier molecular flexibility index (Phi) is 5.69. The second-order valence-electron chi connectivity index (χ2n) is 7.71. The van der Waals surface area contributed by atoms with Gasteiger partial charge in [-0.05, 0) is 49.9 Å². The van der Waals surface area contributed by atoms with Gasteiger partial charge in [-0.25, -0.2) is 9.97 Å². The van der Waals surface area contributed by atoms with Crippen molar-refractivity contribution in [3.63, 3.8) is 0 Å². The highest BCUT2D eigenvalue weighted by Crippen LogP contribution is 2.40. The summed E-state index contributed by atoms with van der Waals surface area (Å²) >= 11 is 1.40. The Labute approximate surface area is 183 Å². The average molecular weight is 438 g/mol. The third kappa shape index (κ3) is 4.56. The lowest BCUT2D eigenvalue weighted by molar-refractivity contribution is -0.117. The fraction of sp³-hybridized carbons (Fsp3) is 0.318. The van der Waals surface area contributed by atoms with E-state index in [4.69, 9.17) is 10.7 Å². The lowest BCUT2D eigenvalue weighted by atomic mass is 10.1. The van der Waals surface area contributed by atoms with E-state index in [1.807, 2.05) is 13.8 Å². The molecule has 160 valence electrons. The number of nitrogens with two attached hydrogens (primary N) is 1. The molecule has 4 N–H and O–H groups in total. The van der Waals surface area contributed by atoms with Gasteiger partial charge in [0.2, 0.25) is 5.91 Å². The highest BCUT2D eigenvalue weighted by molar-refractivity contribution is 7.20. The summed E-state index contributed by atoms with van der Waals surface area (Å²) in [6.07, 6.45) is 2.27. The predicted molar refractivity (Wildman–Crippen MR) is 118 cm³/mol. The second kappa shape index (κ2) is 8.43. The third-order valence-corrected chi connectivity index (χ3v) is 6.41. The Balaban J connectivity index is 1.43. The minimum atomic E-state index is -0.603. The van der Waals surface area contributed by atoms with E-state index in [1.54, 1.807) is 24.3 Å². The predicted octanol–water partition coefficient (Wildman–Crippen LogP) is 2.33. The van der Waals surface area contributed by atoms with Crippen LogP contribution >= 0.6 is 11.3 Å². The molecule has 1 aliphatic carbocycles. The van der Waals surface area contributed by atoms with E-state index in [0.717, 1.165) is 45.7 Å². The number of thiophene rings is 1. The standard InChI is InChI=1S/C22H23N5O3S/c1-11-17-12(2)26-19(14-7-8-14)27-22(17)31-18(11)21(30)24-9-13-3-5-15(6-4-13)20(29)25-10-16(23)28/h3-6,14H,7-10H2,1-2H3,(H2,23,28)(H,24,30)(H,25,29). The number of hydrogen-bond donors (Lipinski definition) is 3. The van der Waals surface area contributed by atoms with E-state index in [2.05, 4.69) is 15.6 Å². The molecule has 9 heteroatoms. The molecule has 8 nitrogen and oxygen atoms in total. The summed E-state index contributed by atoms with van der Waals surface area (Å²) in [4.78, 5) is 46.4. The smallest absolute Gasteiger partial charge is 0.261 e. The van der Waals surface area contributed by atoms with Crippen LogP contribution in [0, 0.1) is 13.8 Å². The summed E-state index contributed by atoms with van der Waals surface area (Å²) in [7, 11) is 0. The first-order valence-electron chi connectivity index (χ1n) is 10.0. The minimum Gasteiger partial charge on any atom is -0.368 e. The molecule has 1 aromatic carbocycles. The second-order valence-corrected chi connectivity index (χ2v) is 8.71. The molecular weight excluding hydrogens is 414 g/mol. The Hall–Kier alpha value is -3.33. The van der Waals surface area contributed by atoms with Crippen molar-refractivity contribution in [2.24, 2.45) is 5.73 Å². The molecule has 0 spiro atoms. The molecule has 0 radical (unpaired) electrons. The van der Waals surface area contributed by atoms with Gasteiger partial charge < -0.3 is 16.4 Å². The van der Waals surface area contributed by atoms with E-state index in [9.17, 15) is 14.4 Å². The minimum absolute atomic E-state index is 0.156. The Morgan fingerprint density at radius 3 is 2.42 bits per heavy atom. The zero-order chi connectivity index (χ0) is 22.1. The number of amides is 3. The number of aryl methyl sites for hydroxylation is 2. The summed E-state index contributed by atoms with van der Waals surface area (Å²) in [5.41, 5.74) is 8.11. The molecule has 1 saturated carbocycles. The topological polar surface area (TPSA) is 127 Å². The van der Waals surface area contributed by atoms with Crippen molar-refractivity contribution in [2.45, 2.75) is 39.2 Å². The van der Waals surface area contributed by atoms with Gasteiger partial charge in [0.25, 0.3) is 11.8 Å². The molecule has 0 unspecified atom stereocenters. The summed E-state index contributed by atoms with van der Waals surface area (Å²) in [5.74, 6) is 0.212. The summed E-state index contributed by atoms with van der Waals surface area (Å²) in [6.45, 7) is 4.02. The lowest BCUT2D eigenvalue weighted by Crippen LogP contribution is -2.33. The summed E-state index contributed by atoms with van der Waals surface area (Å²) < 4.78 is 0. The number of rotatable bonds is 7. The Morgan fingerprint density at radius 1 is 1.06 bits per heavy atom. The van der Waals surface area contributed by atoms with Gasteiger partial charge in [-0.15, -0.1) is 11.3 Å². The maximum atomic E-state index is 12.8. The van der Waals surface area contributed by atoms with Crippen LogP contribution in [0.5, 0.6) is 0 Å². The number of hydrogen-bond acceptors (Lipinski definition) is 6. The maximum Gasteiger partial charge on any atom is 0.261 e. The number of fused-ring (bicyclic) bond motifs is 1. The van der Waals surface area contributed by atoms with Crippen molar-refractivity contribution >= 4 is 39.3 Å². The largest absolute Gasteiger partial charge is 0.368 e. The average Bonchev–Trinajstić information content (AvgIpc) is 3.54. The Bertz CT molecular complexity index is 1180. The quantitative estimate of drug-likeness (QED) is 0.523. The van der Waals surface area contributed by atoms with Crippen LogP contribution < -0.4 is 16.4 Å². The molecule has 0 atom stereocenters. The van der Waals surface area contributed by atoms with Gasteiger partial charge in [0.15, 0.2) is 0 Å². The van der Waals surface area contributed by atoms with Gasteiger partial charge in [-0.3, -0.25) is 14.4 Å². The van der Waals surface area contributed by atoms with Gasteiger partial charge >= 0.3 is 0 Å². The number of primary amides is 1. The van der Waals surface area contributed by atoms with Crippen LogP contribution in [0.3, 0.4) is 0 Å². The molecule has 1 fully saturated rings. The monoisotopic (exact) mass is 437 g/mol. The molecule has 3 aromatic rings. The molecular formula is C22H23N5O3S. The van der Waals surface area contributed by atoms with E-state index in [1.165, 1.54) is 11.3 Å². The van der Waals surface area contributed by atoms with Crippen LogP contribution in [0.15, 0.2) is 24.3 Å². The van der Waals surface area contributed by atoms with Crippen molar-refractivity contribution in [3.05, 3.63) is 57.4 Å². The lowest BCUT2D eigenvalue weighted by Gasteiger charge is -2.07. The van der Waals surface area contributed by atoms with E-state index in [0.29, 0.717) is 22.9 Å². The van der Waals surface area contributed by atoms with Crippen LogP contribution in [0.1, 0.15) is 61.4 Å². The van der Waals surface area contributed by atoms with Gasteiger partial charge in [0.05, 0.1) is 17.1 Å². The highest BCUT2D eigenvalue weighted by atomic mass is 32.1. The molecule has 2 aromatic heterocycles. The summed E-state index contributed by atoms with van der Waals surface area (Å²) in [5, 5.41) is 6.34. The van der Waals surface area contributed by atoms with E-state index in [-0.39, 0.29) is 18.4 Å². The molecule has 0 saturated heterocycles. The maximum absolute atomic E-state index is 12.8. The number of carbonyl (C=O) groups excluding carboxylic acids is 3. The fourth-order valence-electron chi connectivity index (χ4n) is 3.41. The zero-order valence-corrected chi connectivity index (χ0v) is 18.1. The van der Waals surface area contributed by atoms with Crippen LogP contribution in [0.2, 0.25) is 0 Å². The number of nitrogens with zero attached hydrogens (tertiary/aromatic N) is 2. The highest BCUT2D eigenvalue weighted by Gasteiger charge is 2.28. The van der Waals surface area contributed by atoms with E-state index >= 15 is 0 Å². The fourth-order valence-corrected chi connectivity index (χ4v) is 4.56. The Morgan fingerprint density at radius 2 is 1.77 bits per heavy atom. The molecule has 31 heavy (non-hydrogen) atoms. The molecule has 4 rings (SSSR count). The van der Waals surface area contributed by atoms with Crippen LogP contribution in [-0.2, 0) is 11.3 Å².